The molecular weight excluding hydrogens is 340 g/mol. The Kier molecular flexibility index (Phi) is 5.69. The van der Waals surface area contributed by atoms with Gasteiger partial charge in [-0.25, -0.2) is 0 Å². The topological polar surface area (TPSA) is 66.5 Å². The van der Waals surface area contributed by atoms with E-state index in [4.69, 9.17) is 0 Å². The average Bonchev–Trinajstić information content (AvgIpc) is 3.51. The number of benzene rings is 2. The van der Waals surface area contributed by atoms with Crippen molar-refractivity contribution in [3.05, 3.63) is 65.2 Å². The number of nitrogens with zero attached hydrogens (tertiary/aromatic N) is 1. The van der Waals surface area contributed by atoms with Crippen molar-refractivity contribution in [3.8, 4) is 0 Å². The van der Waals surface area contributed by atoms with Crippen LogP contribution in [0, 0.1) is 5.92 Å². The van der Waals surface area contributed by atoms with E-state index in [0.717, 1.165) is 18.4 Å². The van der Waals surface area contributed by atoms with Crippen molar-refractivity contribution < 1.29 is 14.4 Å². The van der Waals surface area contributed by atoms with Crippen LogP contribution in [0.3, 0.4) is 0 Å². The number of aryl methyl sites for hydroxylation is 1. The molecule has 2 amide bonds. The van der Waals surface area contributed by atoms with Crippen molar-refractivity contribution in [2.24, 2.45) is 5.92 Å². The van der Waals surface area contributed by atoms with E-state index < -0.39 is 0 Å². The molecule has 5 heteroatoms. The van der Waals surface area contributed by atoms with Crippen LogP contribution in [0.4, 0.5) is 5.69 Å². The minimum absolute atomic E-state index is 0.0390. The van der Waals surface area contributed by atoms with Gasteiger partial charge in [-0.15, -0.1) is 0 Å². The van der Waals surface area contributed by atoms with Crippen molar-refractivity contribution in [3.63, 3.8) is 0 Å². The first-order valence-corrected chi connectivity index (χ1v) is 9.19. The molecule has 0 unspecified atom stereocenters. The van der Waals surface area contributed by atoms with Crippen molar-refractivity contribution >= 4 is 23.3 Å². The third kappa shape index (κ3) is 5.03. The predicted molar refractivity (Wildman–Crippen MR) is 105 cm³/mol. The fraction of sp³-hybridized carbons (Fsp3) is 0.318. The van der Waals surface area contributed by atoms with Crippen molar-refractivity contribution in [1.82, 2.24) is 4.90 Å². The lowest BCUT2D eigenvalue weighted by Gasteiger charge is -2.10. The molecule has 0 aromatic heterocycles. The number of hydrogen-bond acceptors (Lipinski definition) is 3. The van der Waals surface area contributed by atoms with Crippen LogP contribution in [-0.2, 0) is 11.2 Å². The summed E-state index contributed by atoms with van der Waals surface area (Å²) in [5, 5.41) is 2.86. The molecule has 2 aromatic rings. The number of hydrogen-bond donors (Lipinski definition) is 1. The number of ketones is 1. The zero-order valence-electron chi connectivity index (χ0n) is 15.7. The van der Waals surface area contributed by atoms with E-state index in [9.17, 15) is 14.4 Å². The van der Waals surface area contributed by atoms with Gasteiger partial charge in [0.2, 0.25) is 5.91 Å². The molecular formula is C22H24N2O3. The molecule has 0 atom stereocenters. The van der Waals surface area contributed by atoms with Gasteiger partial charge in [-0.3, -0.25) is 14.4 Å². The molecule has 0 radical (unpaired) electrons. The number of amides is 2. The largest absolute Gasteiger partial charge is 0.345 e. The molecule has 1 aliphatic rings. The molecule has 5 nitrogen and oxygen atoms in total. The van der Waals surface area contributed by atoms with Crippen molar-refractivity contribution in [1.29, 1.82) is 0 Å². The Morgan fingerprint density at radius 2 is 1.52 bits per heavy atom. The van der Waals surface area contributed by atoms with Crippen LogP contribution >= 0.6 is 0 Å². The number of nitrogens with one attached hydrogen (secondary N) is 1. The molecule has 0 bridgehead atoms. The normalized spacial score (nSPS) is 13.1. The molecule has 0 heterocycles. The summed E-state index contributed by atoms with van der Waals surface area (Å²) in [7, 11) is 3.43. The maximum atomic E-state index is 12.1. The molecule has 3 rings (SSSR count). The first-order valence-electron chi connectivity index (χ1n) is 9.19. The van der Waals surface area contributed by atoms with E-state index in [-0.39, 0.29) is 23.5 Å². The number of Topliss-reactive ketones (excluding diaryl/α,β-unsaturated/α-hetero) is 1. The number of anilines is 1. The van der Waals surface area contributed by atoms with Crippen LogP contribution in [0.5, 0.6) is 0 Å². The quantitative estimate of drug-likeness (QED) is 0.764. The minimum atomic E-state index is -0.0790. The predicted octanol–water partition coefficient (Wildman–Crippen LogP) is 3.55. The Morgan fingerprint density at radius 1 is 0.926 bits per heavy atom. The fourth-order valence-corrected chi connectivity index (χ4v) is 2.85. The number of rotatable bonds is 7. The first-order chi connectivity index (χ1) is 12.9. The van der Waals surface area contributed by atoms with Gasteiger partial charge in [0.1, 0.15) is 0 Å². The number of carbonyl (C=O) groups excluding carboxylic acids is 3. The van der Waals surface area contributed by atoms with Gasteiger partial charge in [-0.2, -0.15) is 0 Å². The first kappa shape index (κ1) is 18.8. The van der Waals surface area contributed by atoms with Crippen LogP contribution in [-0.4, -0.2) is 36.6 Å². The van der Waals surface area contributed by atoms with E-state index in [0.29, 0.717) is 29.7 Å². The van der Waals surface area contributed by atoms with Crippen molar-refractivity contribution in [2.45, 2.75) is 25.7 Å². The Bertz CT molecular complexity index is 835. The highest BCUT2D eigenvalue weighted by atomic mass is 16.2. The Hall–Kier alpha value is -2.95. The molecule has 27 heavy (non-hydrogen) atoms. The summed E-state index contributed by atoms with van der Waals surface area (Å²) in [6, 6.07) is 14.4. The summed E-state index contributed by atoms with van der Waals surface area (Å²) in [5.74, 6) is 0.279. The Balaban J connectivity index is 1.49. The van der Waals surface area contributed by atoms with Crippen LogP contribution in [0.2, 0.25) is 0 Å². The molecule has 2 aromatic carbocycles. The Labute approximate surface area is 159 Å². The van der Waals surface area contributed by atoms with Crippen LogP contribution in [0.1, 0.15) is 45.5 Å². The van der Waals surface area contributed by atoms with Gasteiger partial charge in [-0.1, -0.05) is 12.1 Å². The maximum absolute atomic E-state index is 12.1. The van der Waals surface area contributed by atoms with Gasteiger partial charge in [-0.05, 0) is 61.2 Å². The van der Waals surface area contributed by atoms with E-state index in [1.165, 1.54) is 4.90 Å². The molecule has 1 saturated carbocycles. The van der Waals surface area contributed by atoms with Gasteiger partial charge in [0, 0.05) is 43.2 Å². The van der Waals surface area contributed by atoms with Gasteiger partial charge < -0.3 is 10.2 Å². The minimum Gasteiger partial charge on any atom is -0.345 e. The standard InChI is InChI=1S/C22H24N2O3/c1-24(2)22(27)18-6-3-15(4-7-18)5-14-20(25)23-19-12-10-17(11-13-19)21(26)16-8-9-16/h3-4,6-7,10-13,16H,5,8-9,14H2,1-2H3,(H,23,25). The van der Waals surface area contributed by atoms with E-state index in [1.807, 2.05) is 12.1 Å². The highest BCUT2D eigenvalue weighted by molar-refractivity contribution is 6.00. The lowest BCUT2D eigenvalue weighted by atomic mass is 10.1. The monoisotopic (exact) mass is 364 g/mol. The van der Waals surface area contributed by atoms with Gasteiger partial charge in [0.05, 0.1) is 0 Å². The summed E-state index contributed by atoms with van der Waals surface area (Å²) in [5.41, 5.74) is 3.04. The van der Waals surface area contributed by atoms with Gasteiger partial charge in [0.15, 0.2) is 5.78 Å². The van der Waals surface area contributed by atoms with Gasteiger partial charge in [0.25, 0.3) is 5.91 Å². The van der Waals surface area contributed by atoms with E-state index >= 15 is 0 Å². The van der Waals surface area contributed by atoms with Crippen LogP contribution in [0.25, 0.3) is 0 Å². The summed E-state index contributed by atoms with van der Waals surface area (Å²) in [6.07, 6.45) is 2.92. The van der Waals surface area contributed by atoms with E-state index in [1.54, 1.807) is 50.5 Å². The average molecular weight is 364 g/mol. The highest BCUT2D eigenvalue weighted by Gasteiger charge is 2.30. The van der Waals surface area contributed by atoms with Crippen LogP contribution < -0.4 is 5.32 Å². The second-order valence-electron chi connectivity index (χ2n) is 7.16. The molecule has 0 saturated heterocycles. The Morgan fingerprint density at radius 3 is 2.07 bits per heavy atom. The zero-order valence-corrected chi connectivity index (χ0v) is 15.7. The second-order valence-corrected chi connectivity index (χ2v) is 7.16. The lowest BCUT2D eigenvalue weighted by Crippen LogP contribution is -2.21. The highest BCUT2D eigenvalue weighted by Crippen LogP contribution is 2.32. The second kappa shape index (κ2) is 8.16. The maximum Gasteiger partial charge on any atom is 0.253 e. The van der Waals surface area contributed by atoms with Crippen molar-refractivity contribution in [2.75, 3.05) is 19.4 Å². The SMILES string of the molecule is CN(C)C(=O)c1ccc(CCC(=O)Nc2ccc(C(=O)C3CC3)cc2)cc1. The molecule has 0 spiro atoms. The van der Waals surface area contributed by atoms with Gasteiger partial charge >= 0.3 is 0 Å². The molecule has 0 aliphatic heterocycles. The third-order valence-electron chi connectivity index (χ3n) is 4.65. The summed E-state index contributed by atoms with van der Waals surface area (Å²) in [6.45, 7) is 0. The molecule has 1 N–H and O–H groups in total. The molecule has 1 aliphatic carbocycles. The fourth-order valence-electron chi connectivity index (χ4n) is 2.85. The molecule has 140 valence electrons. The third-order valence-corrected chi connectivity index (χ3v) is 4.65. The lowest BCUT2D eigenvalue weighted by molar-refractivity contribution is -0.116. The summed E-state index contributed by atoms with van der Waals surface area (Å²) >= 11 is 0. The van der Waals surface area contributed by atoms with Crippen LogP contribution in [0.15, 0.2) is 48.5 Å². The van der Waals surface area contributed by atoms with E-state index in [2.05, 4.69) is 5.32 Å². The summed E-state index contributed by atoms with van der Waals surface area (Å²) in [4.78, 5) is 37.5. The smallest absolute Gasteiger partial charge is 0.253 e. The zero-order chi connectivity index (χ0) is 19.4. The number of carbonyl (C=O) groups is 3. The summed E-state index contributed by atoms with van der Waals surface area (Å²) < 4.78 is 0. The molecule has 1 fully saturated rings.